The third-order valence-electron chi connectivity index (χ3n) is 2.94. The van der Waals surface area contributed by atoms with E-state index in [0.29, 0.717) is 6.54 Å². The molecular formula is C11H13N2O3+. The molecule has 1 unspecified atom stereocenters. The third kappa shape index (κ3) is 2.08. The largest absolute Gasteiger partial charge is 0.269 e. The zero-order chi connectivity index (χ0) is 11.5. The molecule has 0 saturated carbocycles. The number of benzene rings is 1. The second-order valence-corrected chi connectivity index (χ2v) is 4.00. The highest BCUT2D eigenvalue weighted by Gasteiger charge is 2.30. The average molecular weight is 221 g/mol. The first kappa shape index (κ1) is 10.7. The Kier molecular flexibility index (Phi) is 2.94. The molecule has 0 spiro atoms. The Morgan fingerprint density at radius 1 is 1.25 bits per heavy atom. The van der Waals surface area contributed by atoms with Crippen molar-refractivity contribution >= 4 is 5.69 Å². The summed E-state index contributed by atoms with van der Waals surface area (Å²) in [6.07, 6.45) is 2.81. The number of nitroso groups, excluding NO2 is 1. The smallest absolute Gasteiger partial charge is 0.258 e. The lowest BCUT2D eigenvalue weighted by Gasteiger charge is -2.13. The first-order valence-corrected chi connectivity index (χ1v) is 5.36. The monoisotopic (exact) mass is 221 g/mol. The Balaban J connectivity index is 2.20. The van der Waals surface area contributed by atoms with Crippen molar-refractivity contribution in [2.75, 3.05) is 6.54 Å². The van der Waals surface area contributed by atoms with Crippen molar-refractivity contribution in [2.24, 2.45) is 0 Å². The van der Waals surface area contributed by atoms with Crippen molar-refractivity contribution in [1.82, 2.24) is 0 Å². The van der Waals surface area contributed by atoms with E-state index in [-0.39, 0.29) is 11.7 Å². The normalized spacial score (nSPS) is 20.8. The van der Waals surface area contributed by atoms with Gasteiger partial charge in [0, 0.05) is 40.2 Å². The van der Waals surface area contributed by atoms with Crippen molar-refractivity contribution in [1.29, 1.82) is 0 Å². The molecule has 1 aromatic carbocycles. The molecule has 1 aromatic rings. The lowest BCUT2D eigenvalue weighted by atomic mass is 9.97. The van der Waals surface area contributed by atoms with Gasteiger partial charge in [-0.15, -0.1) is 0 Å². The first-order valence-electron chi connectivity index (χ1n) is 5.36. The van der Waals surface area contributed by atoms with Gasteiger partial charge >= 0.3 is 0 Å². The van der Waals surface area contributed by atoms with Crippen molar-refractivity contribution in [3.63, 3.8) is 0 Å². The van der Waals surface area contributed by atoms with Crippen molar-refractivity contribution in [3.05, 3.63) is 44.9 Å². The molecule has 2 rings (SSSR count). The maximum absolute atomic E-state index is 11.6. The molecule has 1 aliphatic heterocycles. The topological polar surface area (TPSA) is 63.2 Å². The molecule has 1 fully saturated rings. The Labute approximate surface area is 92.8 Å². The number of rotatable bonds is 2. The van der Waals surface area contributed by atoms with Gasteiger partial charge in [0.05, 0.1) is 4.92 Å². The molecule has 0 N–H and O–H groups in total. The molecule has 1 heterocycles. The van der Waals surface area contributed by atoms with E-state index in [0.717, 1.165) is 29.6 Å². The summed E-state index contributed by atoms with van der Waals surface area (Å²) in [6.45, 7) is 0.557. The van der Waals surface area contributed by atoms with Gasteiger partial charge in [-0.05, 0) is 18.6 Å². The van der Waals surface area contributed by atoms with Gasteiger partial charge in [0.1, 0.15) is 0 Å². The van der Waals surface area contributed by atoms with Gasteiger partial charge in [0.2, 0.25) is 6.04 Å². The molecule has 16 heavy (non-hydrogen) atoms. The van der Waals surface area contributed by atoms with Crippen LogP contribution in [-0.4, -0.2) is 16.2 Å². The van der Waals surface area contributed by atoms with Gasteiger partial charge in [-0.1, -0.05) is 0 Å². The van der Waals surface area contributed by atoms with Crippen LogP contribution in [0.25, 0.3) is 0 Å². The molecule has 84 valence electrons. The highest BCUT2D eigenvalue weighted by Crippen LogP contribution is 2.28. The van der Waals surface area contributed by atoms with E-state index in [4.69, 9.17) is 0 Å². The summed E-state index contributed by atoms with van der Waals surface area (Å²) in [4.78, 5) is 21.7. The summed E-state index contributed by atoms with van der Waals surface area (Å²) in [7, 11) is 0. The average Bonchev–Trinajstić information content (AvgIpc) is 2.30. The summed E-state index contributed by atoms with van der Waals surface area (Å²) in [6, 6.07) is 6.14. The number of nitro groups is 1. The Morgan fingerprint density at radius 2 is 1.94 bits per heavy atom. The number of non-ortho nitro benzene ring substituents is 1. The fourth-order valence-corrected chi connectivity index (χ4v) is 2.06. The quantitative estimate of drug-likeness (QED) is 0.438. The Hall–Kier alpha value is -1.78. The van der Waals surface area contributed by atoms with Crippen LogP contribution in [0.2, 0.25) is 0 Å². The van der Waals surface area contributed by atoms with Gasteiger partial charge < -0.3 is 0 Å². The fourth-order valence-electron chi connectivity index (χ4n) is 2.06. The minimum atomic E-state index is -0.431. The predicted octanol–water partition coefficient (Wildman–Crippen LogP) is 2.60. The SMILES string of the molecule is O=[N+]([O-])c1ccc(C2CCCC[N+]2=O)cc1. The van der Waals surface area contributed by atoms with E-state index in [2.05, 4.69) is 0 Å². The van der Waals surface area contributed by atoms with E-state index in [1.54, 1.807) is 12.1 Å². The minimum absolute atomic E-state index is 0.0667. The summed E-state index contributed by atoms with van der Waals surface area (Å²) < 4.78 is 1.07. The maximum atomic E-state index is 11.6. The second kappa shape index (κ2) is 4.38. The van der Waals surface area contributed by atoms with Gasteiger partial charge in [-0.2, -0.15) is 0 Å². The zero-order valence-electron chi connectivity index (χ0n) is 8.83. The number of hydrogen-bond donors (Lipinski definition) is 0. The van der Waals surface area contributed by atoms with Gasteiger partial charge in [-0.3, -0.25) is 10.1 Å². The van der Waals surface area contributed by atoms with E-state index in [9.17, 15) is 15.0 Å². The maximum Gasteiger partial charge on any atom is 0.269 e. The van der Waals surface area contributed by atoms with Gasteiger partial charge in [0.15, 0.2) is 6.54 Å². The van der Waals surface area contributed by atoms with Crippen LogP contribution in [0.4, 0.5) is 5.69 Å². The van der Waals surface area contributed by atoms with Crippen molar-refractivity contribution < 1.29 is 9.68 Å². The molecule has 0 aromatic heterocycles. The molecule has 0 aliphatic carbocycles. The van der Waals surface area contributed by atoms with E-state index in [1.165, 1.54) is 12.1 Å². The summed E-state index contributed by atoms with van der Waals surface area (Å²) in [5.41, 5.74) is 0.942. The molecule has 1 saturated heterocycles. The minimum Gasteiger partial charge on any atom is -0.258 e. The van der Waals surface area contributed by atoms with Gasteiger partial charge in [0.25, 0.3) is 5.69 Å². The van der Waals surface area contributed by atoms with Crippen LogP contribution < -0.4 is 0 Å². The summed E-state index contributed by atoms with van der Waals surface area (Å²) >= 11 is 0. The molecular weight excluding hydrogens is 208 g/mol. The Morgan fingerprint density at radius 3 is 2.50 bits per heavy atom. The summed E-state index contributed by atoms with van der Waals surface area (Å²) in [5, 5.41) is 10.5. The van der Waals surface area contributed by atoms with Crippen LogP contribution in [0.1, 0.15) is 30.9 Å². The molecule has 0 amide bonds. The Bertz CT molecular complexity index is 414. The molecule has 0 bridgehead atoms. The lowest BCUT2D eigenvalue weighted by Crippen LogP contribution is -2.22. The number of nitrogens with zero attached hydrogens (tertiary/aromatic N) is 2. The highest BCUT2D eigenvalue weighted by molar-refractivity contribution is 5.33. The second-order valence-electron chi connectivity index (χ2n) is 4.00. The van der Waals surface area contributed by atoms with Crippen LogP contribution in [0.15, 0.2) is 24.3 Å². The van der Waals surface area contributed by atoms with Crippen LogP contribution in [0, 0.1) is 15.0 Å². The molecule has 5 heteroatoms. The summed E-state index contributed by atoms with van der Waals surface area (Å²) in [5.74, 6) is 0. The van der Waals surface area contributed by atoms with Crippen molar-refractivity contribution in [3.8, 4) is 0 Å². The predicted molar refractivity (Wildman–Crippen MR) is 58.2 cm³/mol. The van der Waals surface area contributed by atoms with Crippen LogP contribution in [0.3, 0.4) is 0 Å². The highest BCUT2D eigenvalue weighted by atomic mass is 16.6. The van der Waals surface area contributed by atoms with E-state index in [1.807, 2.05) is 0 Å². The van der Waals surface area contributed by atoms with Crippen molar-refractivity contribution in [2.45, 2.75) is 25.3 Å². The first-order chi connectivity index (χ1) is 7.68. The standard InChI is InChI=1S/C11H13N2O3/c14-12-8-2-1-3-11(12)9-4-6-10(7-5-9)13(15)16/h4-7,11H,1-3,8H2/q+1. The zero-order valence-corrected chi connectivity index (χ0v) is 8.83. The number of nitro benzene ring substituents is 1. The lowest BCUT2D eigenvalue weighted by molar-refractivity contribution is -0.602. The molecule has 1 aliphatic rings. The number of hydrogen-bond acceptors (Lipinski definition) is 3. The van der Waals surface area contributed by atoms with Crippen LogP contribution in [0.5, 0.6) is 0 Å². The molecule has 0 radical (unpaired) electrons. The van der Waals surface area contributed by atoms with Gasteiger partial charge in [-0.25, -0.2) is 0 Å². The number of piperidine rings is 1. The molecule has 1 atom stereocenters. The fraction of sp³-hybridized carbons (Fsp3) is 0.455. The van der Waals surface area contributed by atoms with E-state index < -0.39 is 4.92 Å². The van der Waals surface area contributed by atoms with Crippen LogP contribution >= 0.6 is 0 Å². The third-order valence-corrected chi connectivity index (χ3v) is 2.94. The molecule has 5 nitrogen and oxygen atoms in total. The van der Waals surface area contributed by atoms with Crippen LogP contribution in [-0.2, 0) is 0 Å². The van der Waals surface area contributed by atoms with E-state index >= 15 is 0 Å².